The van der Waals surface area contributed by atoms with Crippen molar-refractivity contribution in [3.8, 4) is 17.2 Å². The van der Waals surface area contributed by atoms with Crippen molar-refractivity contribution in [2.45, 2.75) is 37.8 Å². The van der Waals surface area contributed by atoms with Crippen LogP contribution in [0.1, 0.15) is 25.7 Å². The SMILES string of the molecule is COc1cccc(NC(=O)N2CCC(N3CCC(Oc4ccncc4)CC3)CC2)c1OC. The van der Waals surface area contributed by atoms with Crippen LogP contribution in [0.15, 0.2) is 42.7 Å². The fraction of sp³-hybridized carbons (Fsp3) is 0.500. The van der Waals surface area contributed by atoms with Gasteiger partial charge in [0, 0.05) is 44.6 Å². The van der Waals surface area contributed by atoms with E-state index in [0.29, 0.717) is 23.2 Å². The maximum atomic E-state index is 12.8. The van der Waals surface area contributed by atoms with Gasteiger partial charge >= 0.3 is 6.03 Å². The lowest BCUT2D eigenvalue weighted by Gasteiger charge is -2.41. The molecule has 0 spiro atoms. The van der Waals surface area contributed by atoms with Gasteiger partial charge in [-0.1, -0.05) is 6.07 Å². The summed E-state index contributed by atoms with van der Waals surface area (Å²) in [7, 11) is 3.16. The van der Waals surface area contributed by atoms with Crippen LogP contribution in [0.3, 0.4) is 0 Å². The van der Waals surface area contributed by atoms with Gasteiger partial charge in [-0.05, 0) is 49.9 Å². The van der Waals surface area contributed by atoms with Crippen molar-refractivity contribution in [2.75, 3.05) is 45.7 Å². The van der Waals surface area contributed by atoms with E-state index >= 15 is 0 Å². The van der Waals surface area contributed by atoms with E-state index in [-0.39, 0.29) is 12.1 Å². The van der Waals surface area contributed by atoms with E-state index < -0.39 is 0 Å². The van der Waals surface area contributed by atoms with Crippen LogP contribution in [0.2, 0.25) is 0 Å². The number of piperidine rings is 2. The van der Waals surface area contributed by atoms with Gasteiger partial charge in [-0.2, -0.15) is 0 Å². The Hall–Kier alpha value is -3.00. The zero-order chi connectivity index (χ0) is 22.3. The summed E-state index contributed by atoms with van der Waals surface area (Å²) in [6.45, 7) is 3.56. The molecule has 0 saturated carbocycles. The first-order valence-electron chi connectivity index (χ1n) is 11.3. The number of hydrogen-bond donors (Lipinski definition) is 1. The molecule has 0 unspecified atom stereocenters. The number of anilines is 1. The molecule has 1 N–H and O–H groups in total. The fourth-order valence-corrected chi connectivity index (χ4v) is 4.58. The molecule has 3 heterocycles. The van der Waals surface area contributed by atoms with Crippen LogP contribution < -0.4 is 19.5 Å². The van der Waals surface area contributed by atoms with E-state index in [2.05, 4.69) is 15.2 Å². The molecule has 4 rings (SSSR count). The zero-order valence-electron chi connectivity index (χ0n) is 18.8. The van der Waals surface area contributed by atoms with Crippen molar-refractivity contribution in [3.05, 3.63) is 42.7 Å². The molecule has 2 aromatic rings. The summed E-state index contributed by atoms with van der Waals surface area (Å²) in [5.41, 5.74) is 0.621. The molecule has 2 saturated heterocycles. The third-order valence-electron chi connectivity index (χ3n) is 6.34. The molecule has 0 aliphatic carbocycles. The lowest BCUT2D eigenvalue weighted by Crippen LogP contribution is -2.50. The smallest absolute Gasteiger partial charge is 0.321 e. The molecule has 2 fully saturated rings. The number of hydrogen-bond acceptors (Lipinski definition) is 6. The van der Waals surface area contributed by atoms with Gasteiger partial charge < -0.3 is 24.4 Å². The number of amides is 2. The highest BCUT2D eigenvalue weighted by molar-refractivity contribution is 5.91. The Morgan fingerprint density at radius 3 is 2.34 bits per heavy atom. The van der Waals surface area contributed by atoms with Crippen LogP contribution in [0.5, 0.6) is 17.2 Å². The Kier molecular flexibility index (Phi) is 7.32. The number of pyridine rings is 1. The van der Waals surface area contributed by atoms with Gasteiger partial charge in [-0.25, -0.2) is 4.79 Å². The predicted octanol–water partition coefficient (Wildman–Crippen LogP) is 3.64. The maximum absolute atomic E-state index is 12.8. The number of carbonyl (C=O) groups excluding carboxylic acids is 1. The first-order valence-corrected chi connectivity index (χ1v) is 11.3. The summed E-state index contributed by atoms with van der Waals surface area (Å²) < 4.78 is 16.8. The van der Waals surface area contributed by atoms with Crippen LogP contribution in [0, 0.1) is 0 Å². The summed E-state index contributed by atoms with van der Waals surface area (Å²) >= 11 is 0. The second-order valence-corrected chi connectivity index (χ2v) is 8.23. The Bertz CT molecular complexity index is 879. The largest absolute Gasteiger partial charge is 0.493 e. The first kappa shape index (κ1) is 22.2. The highest BCUT2D eigenvalue weighted by Crippen LogP contribution is 2.35. The minimum absolute atomic E-state index is 0.0977. The Morgan fingerprint density at radius 2 is 1.69 bits per heavy atom. The summed E-state index contributed by atoms with van der Waals surface area (Å²) in [6, 6.07) is 9.72. The normalized spacial score (nSPS) is 18.2. The average Bonchev–Trinajstić information content (AvgIpc) is 2.85. The lowest BCUT2D eigenvalue weighted by molar-refractivity contribution is 0.0545. The van der Waals surface area contributed by atoms with Crippen LogP contribution in [0.4, 0.5) is 10.5 Å². The van der Waals surface area contributed by atoms with Crippen LogP contribution >= 0.6 is 0 Å². The number of methoxy groups -OCH3 is 2. The van der Waals surface area contributed by atoms with Crippen LogP contribution in [0.25, 0.3) is 0 Å². The second-order valence-electron chi connectivity index (χ2n) is 8.23. The highest BCUT2D eigenvalue weighted by Gasteiger charge is 2.30. The molecule has 0 radical (unpaired) electrons. The zero-order valence-corrected chi connectivity index (χ0v) is 18.8. The first-order chi connectivity index (χ1) is 15.7. The monoisotopic (exact) mass is 440 g/mol. The molecule has 2 aliphatic rings. The second kappa shape index (κ2) is 10.5. The molecule has 8 heteroatoms. The van der Waals surface area contributed by atoms with Gasteiger partial charge in [0.2, 0.25) is 0 Å². The van der Waals surface area contributed by atoms with Crippen molar-refractivity contribution < 1.29 is 19.0 Å². The number of urea groups is 1. The number of benzene rings is 1. The van der Waals surface area contributed by atoms with Crippen LogP contribution in [-0.4, -0.2) is 73.4 Å². The Balaban J connectivity index is 1.24. The Labute approximate surface area is 189 Å². The van der Waals surface area contributed by atoms with E-state index in [1.54, 1.807) is 26.6 Å². The van der Waals surface area contributed by atoms with E-state index in [1.807, 2.05) is 35.2 Å². The standard InChI is InChI=1S/C24H32N4O4/c1-30-22-5-3-4-21(23(22)31-2)26-24(29)28-14-8-18(9-15-28)27-16-10-20(11-17-27)32-19-6-12-25-13-7-19/h3-7,12-13,18,20H,8-11,14-17H2,1-2H3,(H,26,29). The fourth-order valence-electron chi connectivity index (χ4n) is 4.58. The number of likely N-dealkylation sites (tertiary alicyclic amines) is 2. The molecule has 0 atom stereocenters. The number of aromatic nitrogens is 1. The van der Waals surface area contributed by atoms with E-state index in [1.165, 1.54) is 0 Å². The van der Waals surface area contributed by atoms with E-state index in [9.17, 15) is 4.79 Å². The maximum Gasteiger partial charge on any atom is 0.321 e. The Morgan fingerprint density at radius 1 is 0.969 bits per heavy atom. The third kappa shape index (κ3) is 5.24. The number of ether oxygens (including phenoxy) is 3. The molecule has 0 bridgehead atoms. The van der Waals surface area contributed by atoms with Crippen LogP contribution in [-0.2, 0) is 0 Å². The molecular weight excluding hydrogens is 408 g/mol. The summed E-state index contributed by atoms with van der Waals surface area (Å²) in [5.74, 6) is 2.03. The number of nitrogens with zero attached hydrogens (tertiary/aromatic N) is 3. The summed E-state index contributed by atoms with van der Waals surface area (Å²) in [5, 5.41) is 2.98. The van der Waals surface area contributed by atoms with Crippen molar-refractivity contribution in [1.82, 2.24) is 14.8 Å². The highest BCUT2D eigenvalue weighted by atomic mass is 16.5. The van der Waals surface area contributed by atoms with Crippen molar-refractivity contribution in [1.29, 1.82) is 0 Å². The van der Waals surface area contributed by atoms with Crippen molar-refractivity contribution in [3.63, 3.8) is 0 Å². The minimum Gasteiger partial charge on any atom is -0.493 e. The van der Waals surface area contributed by atoms with Gasteiger partial charge in [0.25, 0.3) is 0 Å². The predicted molar refractivity (Wildman–Crippen MR) is 123 cm³/mol. The third-order valence-corrected chi connectivity index (χ3v) is 6.34. The number of para-hydroxylation sites is 1. The van der Waals surface area contributed by atoms with Gasteiger partial charge in [-0.3, -0.25) is 9.88 Å². The molecule has 2 amide bonds. The number of rotatable bonds is 6. The molecule has 32 heavy (non-hydrogen) atoms. The number of nitrogens with one attached hydrogen (secondary N) is 1. The van der Waals surface area contributed by atoms with E-state index in [4.69, 9.17) is 14.2 Å². The number of carbonyl (C=O) groups is 1. The molecule has 172 valence electrons. The van der Waals surface area contributed by atoms with Gasteiger partial charge in [0.15, 0.2) is 11.5 Å². The topological polar surface area (TPSA) is 76.2 Å². The molecular formula is C24H32N4O4. The molecule has 2 aliphatic heterocycles. The van der Waals surface area contributed by atoms with Crippen molar-refractivity contribution >= 4 is 11.7 Å². The molecule has 1 aromatic heterocycles. The van der Waals surface area contributed by atoms with Gasteiger partial charge in [-0.15, -0.1) is 0 Å². The summed E-state index contributed by atoms with van der Waals surface area (Å²) in [6.07, 6.45) is 7.81. The molecule has 1 aromatic carbocycles. The molecule has 8 nitrogen and oxygen atoms in total. The summed E-state index contributed by atoms with van der Waals surface area (Å²) in [4.78, 5) is 21.3. The van der Waals surface area contributed by atoms with Gasteiger partial charge in [0.05, 0.1) is 19.9 Å². The van der Waals surface area contributed by atoms with Gasteiger partial charge in [0.1, 0.15) is 11.9 Å². The van der Waals surface area contributed by atoms with E-state index in [0.717, 1.165) is 57.6 Å². The van der Waals surface area contributed by atoms with Crippen molar-refractivity contribution in [2.24, 2.45) is 0 Å². The quantitative estimate of drug-likeness (QED) is 0.739. The minimum atomic E-state index is -0.0977. The average molecular weight is 441 g/mol. The lowest BCUT2D eigenvalue weighted by atomic mass is 9.99.